The van der Waals surface area contributed by atoms with E-state index in [2.05, 4.69) is 38.5 Å². The maximum atomic E-state index is 13.2. The topological polar surface area (TPSA) is 18.5 Å². The molecule has 1 aromatic rings. The van der Waals surface area contributed by atoms with Crippen LogP contribution in [0, 0.1) is 0 Å². The number of hydrogen-bond acceptors (Lipinski definition) is 2. The minimum absolute atomic E-state index is 0.0123. The molecule has 130 valence electrons. The Kier molecular flexibility index (Phi) is 7.47. The lowest BCUT2D eigenvalue weighted by Crippen LogP contribution is -2.29. The third-order valence-electron chi connectivity index (χ3n) is 3.81. The molecule has 0 atom stereocenters. The average Bonchev–Trinajstić information content (AvgIpc) is 2.48. The van der Waals surface area contributed by atoms with E-state index in [9.17, 15) is 13.2 Å². The van der Waals surface area contributed by atoms with Gasteiger partial charge in [-0.15, -0.1) is 0 Å². The van der Waals surface area contributed by atoms with Gasteiger partial charge in [-0.05, 0) is 44.2 Å². The first-order chi connectivity index (χ1) is 10.9. The van der Waals surface area contributed by atoms with E-state index < -0.39 is 11.7 Å². The van der Waals surface area contributed by atoms with Gasteiger partial charge in [0.05, 0.1) is 12.2 Å². The van der Waals surface area contributed by atoms with Crippen LogP contribution in [0.5, 0.6) is 5.75 Å². The van der Waals surface area contributed by atoms with Crippen molar-refractivity contribution in [3.05, 3.63) is 28.2 Å². The molecule has 0 spiro atoms. The number of hydrogen-bond donors (Lipinski definition) is 0. The lowest BCUT2D eigenvalue weighted by atomic mass is 9.95. The first-order valence-electron chi connectivity index (χ1n) is 7.61. The molecule has 0 aromatic heterocycles. The van der Waals surface area contributed by atoms with E-state index in [1.54, 1.807) is 6.07 Å². The lowest BCUT2D eigenvalue weighted by Gasteiger charge is -2.30. The fourth-order valence-electron chi connectivity index (χ4n) is 2.68. The van der Waals surface area contributed by atoms with Gasteiger partial charge in [0, 0.05) is 15.5 Å². The van der Waals surface area contributed by atoms with Crippen molar-refractivity contribution >= 4 is 38.5 Å². The summed E-state index contributed by atoms with van der Waals surface area (Å²) in [5, 5.41) is 0. The van der Waals surface area contributed by atoms with Gasteiger partial charge >= 0.3 is 6.18 Å². The second-order valence-corrected chi connectivity index (χ2v) is 7.47. The second kappa shape index (κ2) is 8.89. The predicted octanol–water partition coefficient (Wildman–Crippen LogP) is 6.00. The van der Waals surface area contributed by atoms with Gasteiger partial charge in [0.1, 0.15) is 11.3 Å². The summed E-state index contributed by atoms with van der Waals surface area (Å²) in [6.07, 6.45) is -0.267. The highest BCUT2D eigenvalue weighted by atomic mass is 127. The highest BCUT2D eigenvalue weighted by Crippen LogP contribution is 2.42. The van der Waals surface area contributed by atoms with E-state index in [4.69, 9.17) is 9.47 Å². The van der Waals surface area contributed by atoms with Crippen LogP contribution in [0.25, 0.3) is 0 Å². The molecule has 1 saturated carbocycles. The molecule has 0 N–H and O–H groups in total. The van der Waals surface area contributed by atoms with Crippen LogP contribution in [-0.4, -0.2) is 23.2 Å². The molecular weight excluding hydrogens is 488 g/mol. The van der Waals surface area contributed by atoms with Gasteiger partial charge < -0.3 is 9.47 Å². The SMILES string of the molecule is FC(F)(F)c1c(Br)cccc1OC1CCC(OCCCI)CC1. The van der Waals surface area contributed by atoms with Crippen molar-refractivity contribution in [2.24, 2.45) is 0 Å². The summed E-state index contributed by atoms with van der Waals surface area (Å²) >= 11 is 5.29. The van der Waals surface area contributed by atoms with Crippen molar-refractivity contribution in [3.8, 4) is 5.75 Å². The number of rotatable bonds is 6. The predicted molar refractivity (Wildman–Crippen MR) is 95.3 cm³/mol. The molecule has 0 aliphatic heterocycles. The van der Waals surface area contributed by atoms with Crippen LogP contribution in [0.15, 0.2) is 22.7 Å². The van der Waals surface area contributed by atoms with Crippen molar-refractivity contribution in [1.82, 2.24) is 0 Å². The maximum absolute atomic E-state index is 13.2. The van der Waals surface area contributed by atoms with Crippen LogP contribution >= 0.6 is 38.5 Å². The summed E-state index contributed by atoms with van der Waals surface area (Å²) in [5.74, 6) is -0.0962. The fraction of sp³-hybridized carbons (Fsp3) is 0.625. The quantitative estimate of drug-likeness (QED) is 0.267. The second-order valence-electron chi connectivity index (χ2n) is 5.54. The molecule has 0 heterocycles. The molecule has 1 fully saturated rings. The van der Waals surface area contributed by atoms with Crippen molar-refractivity contribution < 1.29 is 22.6 Å². The van der Waals surface area contributed by atoms with Gasteiger partial charge in [-0.25, -0.2) is 0 Å². The van der Waals surface area contributed by atoms with Crippen LogP contribution in [0.2, 0.25) is 0 Å². The third kappa shape index (κ3) is 5.77. The third-order valence-corrected chi connectivity index (χ3v) is 5.23. The number of ether oxygens (including phenoxy) is 2. The van der Waals surface area contributed by atoms with Crippen LogP contribution < -0.4 is 4.74 Å². The Hall–Kier alpha value is -0.0200. The van der Waals surface area contributed by atoms with Crippen molar-refractivity contribution in [2.75, 3.05) is 11.0 Å². The molecule has 7 heteroatoms. The normalized spacial score (nSPS) is 22.1. The van der Waals surface area contributed by atoms with E-state index >= 15 is 0 Å². The largest absolute Gasteiger partial charge is 0.490 e. The zero-order valence-electron chi connectivity index (χ0n) is 12.5. The zero-order chi connectivity index (χ0) is 16.9. The zero-order valence-corrected chi connectivity index (χ0v) is 16.3. The minimum atomic E-state index is -4.44. The maximum Gasteiger partial charge on any atom is 0.421 e. The van der Waals surface area contributed by atoms with Gasteiger partial charge in [-0.1, -0.05) is 44.6 Å². The Bertz CT molecular complexity index is 503. The smallest absolute Gasteiger partial charge is 0.421 e. The van der Waals surface area contributed by atoms with Crippen LogP contribution in [0.1, 0.15) is 37.7 Å². The van der Waals surface area contributed by atoms with Crippen LogP contribution in [-0.2, 0) is 10.9 Å². The summed E-state index contributed by atoms with van der Waals surface area (Å²) in [5.41, 5.74) is -0.736. The summed E-state index contributed by atoms with van der Waals surface area (Å²) in [6, 6.07) is 4.33. The average molecular weight is 507 g/mol. The molecule has 1 aliphatic rings. The highest BCUT2D eigenvalue weighted by molar-refractivity contribution is 14.1. The van der Waals surface area contributed by atoms with Gasteiger partial charge in [0.15, 0.2) is 0 Å². The van der Waals surface area contributed by atoms with Crippen molar-refractivity contribution in [1.29, 1.82) is 0 Å². The Morgan fingerprint density at radius 3 is 2.39 bits per heavy atom. The summed E-state index contributed by atoms with van der Waals surface area (Å²) in [6.45, 7) is 0.753. The molecule has 0 amide bonds. The molecule has 1 aliphatic carbocycles. The molecule has 23 heavy (non-hydrogen) atoms. The van der Waals surface area contributed by atoms with Gasteiger partial charge in [0.2, 0.25) is 0 Å². The Morgan fingerprint density at radius 1 is 1.13 bits per heavy atom. The number of benzene rings is 1. The van der Waals surface area contributed by atoms with Crippen LogP contribution in [0.4, 0.5) is 13.2 Å². The van der Waals surface area contributed by atoms with E-state index in [1.165, 1.54) is 12.1 Å². The van der Waals surface area contributed by atoms with Gasteiger partial charge in [-0.3, -0.25) is 0 Å². The van der Waals surface area contributed by atoms with Crippen molar-refractivity contribution in [3.63, 3.8) is 0 Å². The molecule has 0 bridgehead atoms. The molecule has 0 saturated heterocycles. The number of halogens is 5. The molecular formula is C16H19BrF3IO2. The molecule has 1 aromatic carbocycles. The Morgan fingerprint density at radius 2 is 1.78 bits per heavy atom. The van der Waals surface area contributed by atoms with E-state index in [1.807, 2.05) is 0 Å². The Balaban J connectivity index is 1.93. The minimum Gasteiger partial charge on any atom is -0.490 e. The standard InChI is InChI=1S/C16H19BrF3IO2/c17-13-3-1-4-14(15(13)16(18,19)20)23-12-7-5-11(6-8-12)22-10-2-9-21/h1,3-4,11-12H,2,5-10H2. The molecule has 2 nitrogen and oxygen atoms in total. The van der Waals surface area contributed by atoms with E-state index in [-0.39, 0.29) is 22.4 Å². The van der Waals surface area contributed by atoms with Crippen molar-refractivity contribution in [2.45, 2.75) is 50.5 Å². The lowest BCUT2D eigenvalue weighted by molar-refractivity contribution is -0.140. The summed E-state index contributed by atoms with van der Waals surface area (Å²) < 4.78 is 52.0. The van der Waals surface area contributed by atoms with E-state index in [0.717, 1.165) is 43.1 Å². The number of alkyl halides is 4. The summed E-state index contributed by atoms with van der Waals surface area (Å²) in [4.78, 5) is 0. The summed E-state index contributed by atoms with van der Waals surface area (Å²) in [7, 11) is 0. The monoisotopic (exact) mass is 506 g/mol. The molecule has 2 rings (SSSR count). The highest BCUT2D eigenvalue weighted by Gasteiger charge is 2.37. The molecule has 0 unspecified atom stereocenters. The Labute approximate surface area is 156 Å². The molecule has 0 radical (unpaired) electrons. The van der Waals surface area contributed by atoms with Crippen LogP contribution in [0.3, 0.4) is 0 Å². The first-order valence-corrected chi connectivity index (χ1v) is 9.93. The van der Waals surface area contributed by atoms with Gasteiger partial charge in [-0.2, -0.15) is 13.2 Å². The van der Waals surface area contributed by atoms with E-state index in [0.29, 0.717) is 0 Å². The fourth-order valence-corrected chi connectivity index (χ4v) is 3.56. The van der Waals surface area contributed by atoms with Gasteiger partial charge in [0.25, 0.3) is 0 Å². The first kappa shape index (κ1) is 19.3.